The van der Waals surface area contributed by atoms with Gasteiger partial charge in [0.2, 0.25) is 0 Å². The number of carbonyl (C=O) groups excluding carboxylic acids is 3. The van der Waals surface area contributed by atoms with Crippen molar-refractivity contribution in [2.45, 2.75) is 59.0 Å². The first-order valence-corrected chi connectivity index (χ1v) is 13.5. The molecule has 0 N–H and O–H groups in total. The molecule has 5 atom stereocenters. The first-order valence-electron chi connectivity index (χ1n) is 13.5. The van der Waals surface area contributed by atoms with Gasteiger partial charge in [-0.15, -0.1) is 0 Å². The number of rotatable bonds is 8. The molecule has 1 fully saturated rings. The van der Waals surface area contributed by atoms with Crippen molar-refractivity contribution in [3.63, 3.8) is 0 Å². The van der Waals surface area contributed by atoms with E-state index in [2.05, 4.69) is 20.8 Å². The minimum Gasteiger partial charge on any atom is -0.462 e. The van der Waals surface area contributed by atoms with E-state index in [0.717, 1.165) is 30.4 Å². The Hall–Kier alpha value is -3.21. The Kier molecular flexibility index (Phi) is 8.96. The monoisotopic (exact) mass is 502 g/mol. The van der Waals surface area contributed by atoms with Crippen molar-refractivity contribution in [2.24, 2.45) is 29.6 Å². The molecule has 2 aliphatic carbocycles. The second-order valence-electron chi connectivity index (χ2n) is 10.9. The second kappa shape index (κ2) is 12.4. The summed E-state index contributed by atoms with van der Waals surface area (Å²) in [6.45, 7) is 6.21. The van der Waals surface area contributed by atoms with Crippen LogP contribution in [-0.2, 0) is 19.1 Å². The van der Waals surface area contributed by atoms with Gasteiger partial charge in [0.15, 0.2) is 12.4 Å². The number of carbonyl (C=O) groups is 3. The molecular weight excluding hydrogens is 464 g/mol. The highest BCUT2D eigenvalue weighted by molar-refractivity contribution is 5.98. The van der Waals surface area contributed by atoms with E-state index in [9.17, 15) is 14.4 Å². The van der Waals surface area contributed by atoms with Crippen LogP contribution in [0.4, 0.5) is 0 Å². The summed E-state index contributed by atoms with van der Waals surface area (Å²) in [5.41, 5.74) is 2.56. The normalized spacial score (nSPS) is 25.5. The van der Waals surface area contributed by atoms with Gasteiger partial charge in [0, 0.05) is 5.56 Å². The fourth-order valence-corrected chi connectivity index (χ4v) is 5.63. The summed E-state index contributed by atoms with van der Waals surface area (Å²) in [6.07, 6.45) is 7.65. The molecule has 0 aliphatic heterocycles. The van der Waals surface area contributed by atoms with Crippen LogP contribution >= 0.6 is 0 Å². The summed E-state index contributed by atoms with van der Waals surface area (Å²) in [4.78, 5) is 38.9. The van der Waals surface area contributed by atoms with Crippen LogP contribution < -0.4 is 0 Å². The predicted octanol–water partition coefficient (Wildman–Crippen LogP) is 6.67. The summed E-state index contributed by atoms with van der Waals surface area (Å²) in [7, 11) is 0. The van der Waals surface area contributed by atoms with Gasteiger partial charge in [-0.05, 0) is 54.6 Å². The Morgan fingerprint density at radius 2 is 1.46 bits per heavy atom. The minimum absolute atomic E-state index is 0.112. The van der Waals surface area contributed by atoms with E-state index in [1.54, 1.807) is 12.1 Å². The standard InChI is InChI=1S/C32H38O5/c1-21(2)26-18-13-22(3)19-30(26)37-32(35)28-12-8-7-11-27(28)31(34)36-20-29(33)25-16-14-24(15-17-25)23-9-5-4-6-10-23/h4-10,14-17,21-22,26-28,30H,11-13,18-20H2,1-3H3/t22-,26-,27-,28+,30+/m0/s1. The molecule has 0 amide bonds. The zero-order chi connectivity index (χ0) is 26.4. The average molecular weight is 503 g/mol. The quantitative estimate of drug-likeness (QED) is 0.229. The van der Waals surface area contributed by atoms with Gasteiger partial charge >= 0.3 is 11.9 Å². The number of benzene rings is 2. The predicted molar refractivity (Wildman–Crippen MR) is 144 cm³/mol. The highest BCUT2D eigenvalue weighted by Gasteiger charge is 2.40. The summed E-state index contributed by atoms with van der Waals surface area (Å²) in [6, 6.07) is 17.2. The molecule has 2 aromatic rings. The number of esters is 2. The van der Waals surface area contributed by atoms with Crippen LogP contribution in [0.25, 0.3) is 11.1 Å². The van der Waals surface area contributed by atoms with E-state index < -0.39 is 17.8 Å². The Labute approximate surface area is 220 Å². The van der Waals surface area contributed by atoms with Gasteiger partial charge in [-0.1, -0.05) is 93.9 Å². The molecule has 0 aromatic heterocycles. The number of Topliss-reactive ketones (excluding diaryl/α,β-unsaturated/α-hetero) is 1. The minimum atomic E-state index is -0.635. The molecule has 2 aromatic carbocycles. The lowest BCUT2D eigenvalue weighted by Crippen LogP contribution is -2.40. The Morgan fingerprint density at radius 1 is 0.838 bits per heavy atom. The Bertz CT molecular complexity index is 1100. The fourth-order valence-electron chi connectivity index (χ4n) is 5.63. The SMILES string of the molecule is CC(C)[C@@H]1CC[C@H](C)C[C@H]1OC(=O)[C@@H]1CC=CC[C@@H]1C(=O)OCC(=O)c1ccc(-c2ccccc2)cc1. The van der Waals surface area contributed by atoms with Crippen LogP contribution in [-0.4, -0.2) is 30.4 Å². The molecule has 0 unspecified atom stereocenters. The van der Waals surface area contributed by atoms with Crippen LogP contribution in [0.2, 0.25) is 0 Å². The van der Waals surface area contributed by atoms with Crippen LogP contribution in [0, 0.1) is 29.6 Å². The third-order valence-corrected chi connectivity index (χ3v) is 7.93. The molecular formula is C32H38O5. The van der Waals surface area contributed by atoms with E-state index in [1.807, 2.05) is 54.6 Å². The van der Waals surface area contributed by atoms with E-state index in [4.69, 9.17) is 9.47 Å². The molecule has 0 saturated heterocycles. The van der Waals surface area contributed by atoms with E-state index in [-0.39, 0.29) is 24.5 Å². The molecule has 5 nitrogen and oxygen atoms in total. The first-order chi connectivity index (χ1) is 17.8. The van der Waals surface area contributed by atoms with Gasteiger partial charge in [0.25, 0.3) is 0 Å². The molecule has 0 spiro atoms. The first kappa shape index (κ1) is 26.8. The van der Waals surface area contributed by atoms with Crippen molar-refractivity contribution in [1.29, 1.82) is 0 Å². The highest BCUT2D eigenvalue weighted by Crippen LogP contribution is 2.37. The maximum Gasteiger partial charge on any atom is 0.310 e. The van der Waals surface area contributed by atoms with Crippen LogP contribution in [0.1, 0.15) is 63.2 Å². The lowest BCUT2D eigenvalue weighted by molar-refractivity contribution is -0.168. The zero-order valence-electron chi connectivity index (χ0n) is 22.1. The van der Waals surface area contributed by atoms with E-state index >= 15 is 0 Å². The third kappa shape index (κ3) is 6.76. The second-order valence-corrected chi connectivity index (χ2v) is 10.9. The number of hydrogen-bond donors (Lipinski definition) is 0. The van der Waals surface area contributed by atoms with Gasteiger partial charge in [-0.3, -0.25) is 14.4 Å². The molecule has 37 heavy (non-hydrogen) atoms. The largest absolute Gasteiger partial charge is 0.462 e. The van der Waals surface area contributed by atoms with Crippen LogP contribution in [0.15, 0.2) is 66.7 Å². The summed E-state index contributed by atoms with van der Waals surface area (Å²) >= 11 is 0. The smallest absolute Gasteiger partial charge is 0.310 e. The summed E-state index contributed by atoms with van der Waals surface area (Å²) in [5.74, 6) is -1.02. The zero-order valence-corrected chi connectivity index (χ0v) is 22.1. The van der Waals surface area contributed by atoms with Gasteiger partial charge in [0.1, 0.15) is 6.10 Å². The van der Waals surface area contributed by atoms with Crippen LogP contribution in [0.5, 0.6) is 0 Å². The topological polar surface area (TPSA) is 69.7 Å². The summed E-state index contributed by atoms with van der Waals surface area (Å²) < 4.78 is 11.5. The average Bonchev–Trinajstić information content (AvgIpc) is 2.92. The molecule has 196 valence electrons. The van der Waals surface area contributed by atoms with E-state index in [1.165, 1.54) is 0 Å². The van der Waals surface area contributed by atoms with Crippen molar-refractivity contribution in [2.75, 3.05) is 6.61 Å². The summed E-state index contributed by atoms with van der Waals surface area (Å²) in [5, 5.41) is 0. The number of ketones is 1. The van der Waals surface area contributed by atoms with Crippen molar-refractivity contribution in [1.82, 2.24) is 0 Å². The third-order valence-electron chi connectivity index (χ3n) is 7.93. The lowest BCUT2D eigenvalue weighted by Gasteiger charge is -2.38. The van der Waals surface area contributed by atoms with Gasteiger partial charge in [0.05, 0.1) is 11.8 Å². The highest BCUT2D eigenvalue weighted by atomic mass is 16.5. The molecule has 5 heteroatoms. The maximum atomic E-state index is 13.2. The van der Waals surface area contributed by atoms with Gasteiger partial charge in [-0.25, -0.2) is 0 Å². The van der Waals surface area contributed by atoms with Crippen LogP contribution in [0.3, 0.4) is 0 Å². The Morgan fingerprint density at radius 3 is 2.11 bits per heavy atom. The molecule has 0 radical (unpaired) electrons. The van der Waals surface area contributed by atoms with Crippen molar-refractivity contribution >= 4 is 17.7 Å². The van der Waals surface area contributed by atoms with Gasteiger partial charge in [-0.2, -0.15) is 0 Å². The number of allylic oxidation sites excluding steroid dienone is 2. The number of hydrogen-bond acceptors (Lipinski definition) is 5. The number of ether oxygens (including phenoxy) is 2. The molecule has 4 rings (SSSR count). The van der Waals surface area contributed by atoms with Crippen molar-refractivity contribution in [3.05, 3.63) is 72.3 Å². The van der Waals surface area contributed by atoms with Crippen molar-refractivity contribution < 1.29 is 23.9 Å². The molecule has 0 bridgehead atoms. The molecule has 1 saturated carbocycles. The molecule has 2 aliphatic rings. The Balaban J connectivity index is 1.35. The molecule has 0 heterocycles. The lowest BCUT2D eigenvalue weighted by atomic mass is 9.75. The fraction of sp³-hybridized carbons (Fsp3) is 0.469. The maximum absolute atomic E-state index is 13.2. The van der Waals surface area contributed by atoms with Gasteiger partial charge < -0.3 is 9.47 Å². The van der Waals surface area contributed by atoms with Crippen molar-refractivity contribution in [3.8, 4) is 11.1 Å². The van der Waals surface area contributed by atoms with E-state index in [0.29, 0.717) is 36.2 Å².